The van der Waals surface area contributed by atoms with Crippen molar-refractivity contribution >= 4 is 22.7 Å². The van der Waals surface area contributed by atoms with E-state index < -0.39 is 6.04 Å². The van der Waals surface area contributed by atoms with Crippen molar-refractivity contribution in [2.45, 2.75) is 37.5 Å². The van der Waals surface area contributed by atoms with E-state index in [4.69, 9.17) is 4.74 Å². The number of fused-ring (bicyclic) bond motifs is 2. The number of carbonyl (C=O) groups excluding carboxylic acids is 2. The predicted molar refractivity (Wildman–Crippen MR) is 118 cm³/mol. The number of benzene rings is 2. The van der Waals surface area contributed by atoms with Crippen molar-refractivity contribution in [2.24, 2.45) is 0 Å². The van der Waals surface area contributed by atoms with Gasteiger partial charge in [0.05, 0.1) is 7.11 Å². The summed E-state index contributed by atoms with van der Waals surface area (Å²) in [5, 5.41) is 7.55. The Morgan fingerprint density at radius 3 is 2.74 bits per heavy atom. The Kier molecular flexibility index (Phi) is 5.11. The van der Waals surface area contributed by atoms with Gasteiger partial charge in [0.15, 0.2) is 0 Å². The highest BCUT2D eigenvalue weighted by atomic mass is 16.5. The van der Waals surface area contributed by atoms with Gasteiger partial charge in [0.2, 0.25) is 11.8 Å². The van der Waals surface area contributed by atoms with E-state index in [1.807, 2.05) is 54.7 Å². The zero-order valence-corrected chi connectivity index (χ0v) is 17.4. The van der Waals surface area contributed by atoms with E-state index in [1.165, 1.54) is 0 Å². The van der Waals surface area contributed by atoms with Crippen LogP contribution in [0.4, 0.5) is 0 Å². The van der Waals surface area contributed by atoms with Crippen LogP contribution in [0.2, 0.25) is 0 Å². The molecule has 0 aliphatic carbocycles. The summed E-state index contributed by atoms with van der Waals surface area (Å²) in [4.78, 5) is 30.9. The molecule has 3 atom stereocenters. The zero-order chi connectivity index (χ0) is 21.4. The van der Waals surface area contributed by atoms with E-state index in [-0.39, 0.29) is 23.9 Å². The summed E-state index contributed by atoms with van der Waals surface area (Å²) in [7, 11) is 1.65. The third-order valence-electron chi connectivity index (χ3n) is 6.35. The first kappa shape index (κ1) is 19.6. The molecule has 2 aromatic carbocycles. The van der Waals surface area contributed by atoms with Crippen molar-refractivity contribution in [3.05, 3.63) is 65.9 Å². The van der Waals surface area contributed by atoms with Gasteiger partial charge in [-0.2, -0.15) is 0 Å². The lowest BCUT2D eigenvalue weighted by molar-refractivity contribution is -0.146. The monoisotopic (exact) mass is 418 g/mol. The maximum Gasteiger partial charge on any atom is 0.246 e. The van der Waals surface area contributed by atoms with E-state index in [0.29, 0.717) is 25.9 Å². The summed E-state index contributed by atoms with van der Waals surface area (Å²) in [5.41, 5.74) is 3.22. The van der Waals surface area contributed by atoms with Crippen LogP contribution in [0, 0.1) is 0 Å². The van der Waals surface area contributed by atoms with Gasteiger partial charge in [0.25, 0.3) is 0 Å². The fourth-order valence-electron chi connectivity index (χ4n) is 4.67. The molecule has 160 valence electrons. The van der Waals surface area contributed by atoms with Gasteiger partial charge >= 0.3 is 0 Å². The topological polar surface area (TPSA) is 86.5 Å². The van der Waals surface area contributed by atoms with Crippen LogP contribution in [-0.4, -0.2) is 53.5 Å². The van der Waals surface area contributed by atoms with Gasteiger partial charge in [0.1, 0.15) is 17.8 Å². The number of hydrogen-bond donors (Lipinski definition) is 3. The molecular weight excluding hydrogens is 392 g/mol. The summed E-state index contributed by atoms with van der Waals surface area (Å²) in [6.45, 7) is 1.24. The third-order valence-corrected chi connectivity index (χ3v) is 6.35. The van der Waals surface area contributed by atoms with Crippen LogP contribution in [-0.2, 0) is 22.6 Å². The molecule has 0 spiro atoms. The summed E-state index contributed by atoms with van der Waals surface area (Å²) < 4.78 is 5.19. The van der Waals surface area contributed by atoms with Crippen molar-refractivity contribution in [3.63, 3.8) is 0 Å². The predicted octanol–water partition coefficient (Wildman–Crippen LogP) is 1.98. The van der Waals surface area contributed by atoms with E-state index in [9.17, 15) is 9.59 Å². The number of rotatable bonds is 6. The Hall–Kier alpha value is -3.32. The summed E-state index contributed by atoms with van der Waals surface area (Å²) >= 11 is 0. The number of nitrogens with zero attached hydrogens (tertiary/aromatic N) is 1. The van der Waals surface area contributed by atoms with Gasteiger partial charge < -0.3 is 25.3 Å². The molecule has 1 aromatic heterocycles. The number of amides is 2. The van der Waals surface area contributed by atoms with E-state index in [2.05, 4.69) is 15.6 Å². The maximum absolute atomic E-state index is 13.2. The molecule has 3 heterocycles. The molecule has 0 unspecified atom stereocenters. The van der Waals surface area contributed by atoms with Crippen molar-refractivity contribution < 1.29 is 14.3 Å². The molecule has 0 saturated carbocycles. The van der Waals surface area contributed by atoms with Crippen molar-refractivity contribution in [1.29, 1.82) is 0 Å². The lowest BCUT2D eigenvalue weighted by Gasteiger charge is -2.34. The Bertz CT molecular complexity index is 1110. The molecule has 31 heavy (non-hydrogen) atoms. The SMILES string of the molecule is COc1ccc(CN[C@H]2C[C@H]3C(=O)N[C@@H](Cc4c[nH]c5ccccc45)C(=O)N3C2)cc1. The molecule has 0 bridgehead atoms. The molecule has 3 N–H and O–H groups in total. The summed E-state index contributed by atoms with van der Waals surface area (Å²) in [6, 6.07) is 15.1. The Labute approximate surface area is 180 Å². The van der Waals surface area contributed by atoms with Crippen LogP contribution >= 0.6 is 0 Å². The molecule has 0 radical (unpaired) electrons. The van der Waals surface area contributed by atoms with Gasteiger partial charge in [-0.3, -0.25) is 9.59 Å². The molecule has 2 aliphatic rings. The van der Waals surface area contributed by atoms with Gasteiger partial charge in [-0.25, -0.2) is 0 Å². The number of piperazine rings is 1. The smallest absolute Gasteiger partial charge is 0.246 e. The lowest BCUT2D eigenvalue weighted by atomic mass is 10.0. The standard InChI is InChI=1S/C24H26N4O3/c1-31-18-8-6-15(7-9-18)12-25-17-11-22-23(29)27-21(24(30)28(22)14-17)10-16-13-26-20-5-3-2-4-19(16)20/h2-9,13,17,21-22,25-26H,10-12,14H2,1H3,(H,27,29)/t17-,21-,22-/m0/s1. The largest absolute Gasteiger partial charge is 0.497 e. The molecule has 7 nitrogen and oxygen atoms in total. The van der Waals surface area contributed by atoms with Crippen LogP contribution in [0.15, 0.2) is 54.7 Å². The second kappa shape index (κ2) is 8.07. The highest BCUT2D eigenvalue weighted by molar-refractivity contribution is 5.98. The second-order valence-electron chi connectivity index (χ2n) is 8.29. The van der Waals surface area contributed by atoms with Crippen LogP contribution in [0.3, 0.4) is 0 Å². The molecular formula is C24H26N4O3. The van der Waals surface area contributed by atoms with Gasteiger partial charge in [-0.15, -0.1) is 0 Å². The number of para-hydroxylation sites is 1. The van der Waals surface area contributed by atoms with E-state index in [0.717, 1.165) is 27.8 Å². The van der Waals surface area contributed by atoms with Crippen LogP contribution < -0.4 is 15.4 Å². The van der Waals surface area contributed by atoms with Crippen LogP contribution in [0.5, 0.6) is 5.75 Å². The molecule has 2 aliphatic heterocycles. The first-order chi connectivity index (χ1) is 15.1. The number of hydrogen-bond acceptors (Lipinski definition) is 4. The average molecular weight is 418 g/mol. The highest BCUT2D eigenvalue weighted by Crippen LogP contribution is 2.26. The minimum atomic E-state index is -0.525. The summed E-state index contributed by atoms with van der Waals surface area (Å²) in [6.07, 6.45) is 3.05. The number of carbonyl (C=O) groups is 2. The number of aromatic amines is 1. The molecule has 2 saturated heterocycles. The van der Waals surface area contributed by atoms with Crippen molar-refractivity contribution in [1.82, 2.24) is 20.5 Å². The molecule has 2 amide bonds. The number of nitrogens with one attached hydrogen (secondary N) is 3. The summed E-state index contributed by atoms with van der Waals surface area (Å²) in [5.74, 6) is 0.770. The maximum atomic E-state index is 13.2. The fraction of sp³-hybridized carbons (Fsp3) is 0.333. The Morgan fingerprint density at radius 2 is 1.94 bits per heavy atom. The molecule has 7 heteroatoms. The molecule has 3 aromatic rings. The first-order valence-corrected chi connectivity index (χ1v) is 10.6. The minimum Gasteiger partial charge on any atom is -0.497 e. The van der Waals surface area contributed by atoms with Gasteiger partial charge in [0, 0.05) is 42.7 Å². The molecule has 5 rings (SSSR count). The number of ether oxygens (including phenoxy) is 1. The third kappa shape index (κ3) is 3.77. The van der Waals surface area contributed by atoms with Gasteiger partial charge in [-0.05, 0) is 35.7 Å². The quantitative estimate of drug-likeness (QED) is 0.571. The lowest BCUT2D eigenvalue weighted by Crippen LogP contribution is -2.61. The fourth-order valence-corrected chi connectivity index (χ4v) is 4.67. The Balaban J connectivity index is 1.24. The van der Waals surface area contributed by atoms with E-state index >= 15 is 0 Å². The average Bonchev–Trinajstić information content (AvgIpc) is 3.41. The van der Waals surface area contributed by atoms with Crippen LogP contribution in [0.1, 0.15) is 17.5 Å². The Morgan fingerprint density at radius 1 is 1.13 bits per heavy atom. The highest BCUT2D eigenvalue weighted by Gasteiger charge is 2.46. The minimum absolute atomic E-state index is 0.00336. The second-order valence-corrected chi connectivity index (χ2v) is 8.29. The molecule has 2 fully saturated rings. The number of methoxy groups -OCH3 is 1. The van der Waals surface area contributed by atoms with Gasteiger partial charge in [-0.1, -0.05) is 30.3 Å². The van der Waals surface area contributed by atoms with Crippen LogP contribution in [0.25, 0.3) is 10.9 Å². The van der Waals surface area contributed by atoms with Crippen molar-refractivity contribution in [3.8, 4) is 5.75 Å². The first-order valence-electron chi connectivity index (χ1n) is 10.6. The number of aromatic nitrogens is 1. The van der Waals surface area contributed by atoms with Crippen molar-refractivity contribution in [2.75, 3.05) is 13.7 Å². The zero-order valence-electron chi connectivity index (χ0n) is 17.4. The number of H-pyrrole nitrogens is 1. The normalized spacial score (nSPS) is 23.1. The van der Waals surface area contributed by atoms with E-state index in [1.54, 1.807) is 12.0 Å².